The van der Waals surface area contributed by atoms with Crippen LogP contribution in [0.2, 0.25) is 0 Å². The first-order valence-corrected chi connectivity index (χ1v) is 6.46. The SMILES string of the molecule is Cn1cc(C=C(C#N)C(=O)O)c(-c2cc3ccccc3o2)n1. The molecule has 3 rings (SSSR count). The maximum atomic E-state index is 11.0. The summed E-state index contributed by atoms with van der Waals surface area (Å²) < 4.78 is 7.30. The van der Waals surface area contributed by atoms with Crippen LogP contribution in [-0.2, 0) is 11.8 Å². The molecule has 0 amide bonds. The molecule has 3 aromatic rings. The highest BCUT2D eigenvalue weighted by Crippen LogP contribution is 2.29. The van der Waals surface area contributed by atoms with E-state index in [1.54, 1.807) is 24.0 Å². The van der Waals surface area contributed by atoms with Crippen molar-refractivity contribution in [3.8, 4) is 17.5 Å². The van der Waals surface area contributed by atoms with Crippen molar-refractivity contribution in [2.45, 2.75) is 0 Å². The molecule has 0 bridgehead atoms. The zero-order chi connectivity index (χ0) is 15.7. The molecule has 2 heterocycles. The second-order valence-corrected chi connectivity index (χ2v) is 4.73. The van der Waals surface area contributed by atoms with Crippen LogP contribution < -0.4 is 0 Å². The van der Waals surface area contributed by atoms with E-state index in [2.05, 4.69) is 5.10 Å². The standard InChI is InChI=1S/C16H11N3O3/c1-19-9-12(6-11(8-17)16(20)21)15(18-19)14-7-10-4-2-3-5-13(10)22-14/h2-7,9H,1H3,(H,20,21). The van der Waals surface area contributed by atoms with E-state index < -0.39 is 5.97 Å². The van der Waals surface area contributed by atoms with E-state index in [0.29, 0.717) is 17.0 Å². The lowest BCUT2D eigenvalue weighted by atomic mass is 10.1. The molecule has 22 heavy (non-hydrogen) atoms. The lowest BCUT2D eigenvalue weighted by Gasteiger charge is -1.94. The first-order valence-electron chi connectivity index (χ1n) is 6.46. The molecule has 0 aliphatic rings. The number of benzene rings is 1. The van der Waals surface area contributed by atoms with Gasteiger partial charge in [0.1, 0.15) is 22.9 Å². The number of aromatic nitrogens is 2. The summed E-state index contributed by atoms with van der Waals surface area (Å²) in [7, 11) is 1.72. The van der Waals surface area contributed by atoms with E-state index in [4.69, 9.17) is 14.8 Å². The molecule has 0 unspecified atom stereocenters. The highest BCUT2D eigenvalue weighted by molar-refractivity contribution is 5.97. The van der Waals surface area contributed by atoms with Crippen LogP contribution in [0.4, 0.5) is 0 Å². The number of hydrogen-bond acceptors (Lipinski definition) is 4. The minimum absolute atomic E-state index is 0.356. The normalized spacial score (nSPS) is 11.5. The zero-order valence-electron chi connectivity index (χ0n) is 11.6. The van der Waals surface area contributed by atoms with E-state index in [-0.39, 0.29) is 5.57 Å². The fraction of sp³-hybridized carbons (Fsp3) is 0.0625. The van der Waals surface area contributed by atoms with Gasteiger partial charge in [0.15, 0.2) is 5.76 Å². The molecule has 2 aromatic heterocycles. The Kier molecular flexibility index (Phi) is 3.24. The Morgan fingerprint density at radius 3 is 2.91 bits per heavy atom. The van der Waals surface area contributed by atoms with Gasteiger partial charge < -0.3 is 9.52 Å². The molecular formula is C16H11N3O3. The van der Waals surface area contributed by atoms with Crippen molar-refractivity contribution in [1.82, 2.24) is 9.78 Å². The molecule has 0 aliphatic heterocycles. The maximum absolute atomic E-state index is 11.0. The topological polar surface area (TPSA) is 92.0 Å². The number of aliphatic carboxylic acids is 1. The van der Waals surface area contributed by atoms with Gasteiger partial charge in [-0.3, -0.25) is 4.68 Å². The number of hydrogen-bond donors (Lipinski definition) is 1. The molecule has 1 N–H and O–H groups in total. The molecule has 0 radical (unpaired) electrons. The summed E-state index contributed by atoms with van der Waals surface area (Å²) in [5.74, 6) is -0.752. The van der Waals surface area contributed by atoms with Crippen LogP contribution >= 0.6 is 0 Å². The average molecular weight is 293 g/mol. The van der Waals surface area contributed by atoms with Crippen LogP contribution in [-0.4, -0.2) is 20.9 Å². The molecule has 108 valence electrons. The highest BCUT2D eigenvalue weighted by atomic mass is 16.4. The van der Waals surface area contributed by atoms with Gasteiger partial charge in [-0.25, -0.2) is 4.79 Å². The minimum atomic E-state index is -1.28. The lowest BCUT2D eigenvalue weighted by Crippen LogP contribution is -1.97. The van der Waals surface area contributed by atoms with Gasteiger partial charge in [-0.1, -0.05) is 18.2 Å². The predicted molar refractivity (Wildman–Crippen MR) is 79.6 cm³/mol. The molecule has 0 saturated heterocycles. The number of fused-ring (bicyclic) bond motifs is 1. The Hall–Kier alpha value is -3.33. The summed E-state index contributed by atoms with van der Waals surface area (Å²) >= 11 is 0. The number of nitrogens with zero attached hydrogens (tertiary/aromatic N) is 3. The predicted octanol–water partition coefficient (Wildman–Crippen LogP) is 2.82. The van der Waals surface area contributed by atoms with Crippen molar-refractivity contribution in [3.05, 3.63) is 47.7 Å². The number of aryl methyl sites for hydroxylation is 1. The van der Waals surface area contributed by atoms with Gasteiger partial charge >= 0.3 is 5.97 Å². The molecule has 1 aromatic carbocycles. The van der Waals surface area contributed by atoms with Crippen LogP contribution in [0.15, 0.2) is 46.5 Å². The van der Waals surface area contributed by atoms with Crippen LogP contribution in [0.3, 0.4) is 0 Å². The van der Waals surface area contributed by atoms with Crippen LogP contribution in [0, 0.1) is 11.3 Å². The summed E-state index contributed by atoms with van der Waals surface area (Å²) in [6.07, 6.45) is 2.93. The third-order valence-electron chi connectivity index (χ3n) is 3.17. The van der Waals surface area contributed by atoms with Crippen molar-refractivity contribution in [3.63, 3.8) is 0 Å². The second-order valence-electron chi connectivity index (χ2n) is 4.73. The van der Waals surface area contributed by atoms with E-state index in [1.807, 2.05) is 30.3 Å². The molecule has 0 spiro atoms. The molecule has 0 saturated carbocycles. The summed E-state index contributed by atoms with van der Waals surface area (Å²) in [4.78, 5) is 11.0. The van der Waals surface area contributed by atoms with Crippen LogP contribution in [0.5, 0.6) is 0 Å². The molecule has 0 aliphatic carbocycles. The third-order valence-corrected chi connectivity index (χ3v) is 3.17. The smallest absolute Gasteiger partial charge is 0.346 e. The zero-order valence-corrected chi connectivity index (χ0v) is 11.6. The van der Waals surface area contributed by atoms with Crippen LogP contribution in [0.1, 0.15) is 5.56 Å². The first-order chi connectivity index (χ1) is 10.6. The highest BCUT2D eigenvalue weighted by Gasteiger charge is 2.15. The summed E-state index contributed by atoms with van der Waals surface area (Å²) in [5.41, 5.74) is 1.37. The Morgan fingerprint density at radius 1 is 1.45 bits per heavy atom. The van der Waals surface area contributed by atoms with Gasteiger partial charge in [0.2, 0.25) is 0 Å². The van der Waals surface area contributed by atoms with E-state index >= 15 is 0 Å². The number of para-hydroxylation sites is 1. The van der Waals surface area contributed by atoms with Crippen LogP contribution in [0.25, 0.3) is 28.5 Å². The molecule has 6 heteroatoms. The van der Waals surface area contributed by atoms with Gasteiger partial charge in [0.25, 0.3) is 0 Å². The van der Waals surface area contributed by atoms with E-state index in [9.17, 15) is 4.79 Å². The maximum Gasteiger partial charge on any atom is 0.346 e. The van der Waals surface area contributed by atoms with E-state index in [1.165, 1.54) is 6.08 Å². The molecule has 0 fully saturated rings. The Bertz CT molecular complexity index is 908. The molecule has 6 nitrogen and oxygen atoms in total. The number of nitriles is 1. The monoisotopic (exact) mass is 293 g/mol. The number of carboxylic acid groups (broad SMARTS) is 1. The quantitative estimate of drug-likeness (QED) is 0.592. The summed E-state index contributed by atoms with van der Waals surface area (Å²) in [6, 6.07) is 11.0. The Labute approximate surface area is 125 Å². The van der Waals surface area contributed by atoms with Gasteiger partial charge in [0, 0.05) is 24.2 Å². The van der Waals surface area contributed by atoms with Gasteiger partial charge in [-0.05, 0) is 18.2 Å². The number of furan rings is 1. The summed E-state index contributed by atoms with van der Waals surface area (Å²) in [5, 5.41) is 23.1. The van der Waals surface area contributed by atoms with Crippen molar-refractivity contribution in [1.29, 1.82) is 5.26 Å². The van der Waals surface area contributed by atoms with Crippen molar-refractivity contribution in [2.75, 3.05) is 0 Å². The Balaban J connectivity index is 2.16. The Morgan fingerprint density at radius 2 is 2.23 bits per heavy atom. The lowest BCUT2D eigenvalue weighted by molar-refractivity contribution is -0.132. The third kappa shape index (κ3) is 2.36. The van der Waals surface area contributed by atoms with Gasteiger partial charge in [-0.2, -0.15) is 10.4 Å². The van der Waals surface area contributed by atoms with E-state index in [0.717, 1.165) is 11.0 Å². The molecular weight excluding hydrogens is 282 g/mol. The van der Waals surface area contributed by atoms with Gasteiger partial charge in [0.05, 0.1) is 0 Å². The number of rotatable bonds is 3. The van der Waals surface area contributed by atoms with Crippen molar-refractivity contribution < 1.29 is 14.3 Å². The largest absolute Gasteiger partial charge is 0.477 e. The molecule has 0 atom stereocenters. The van der Waals surface area contributed by atoms with Crippen molar-refractivity contribution in [2.24, 2.45) is 7.05 Å². The first kappa shape index (κ1) is 13.6. The van der Waals surface area contributed by atoms with Crippen molar-refractivity contribution >= 4 is 23.0 Å². The summed E-state index contributed by atoms with van der Waals surface area (Å²) in [6.45, 7) is 0. The fourth-order valence-corrected chi connectivity index (χ4v) is 2.20. The average Bonchev–Trinajstić information content (AvgIpc) is 3.07. The second kappa shape index (κ2) is 5.22. The minimum Gasteiger partial charge on any atom is -0.477 e. The number of carboxylic acids is 1. The number of carbonyl (C=O) groups is 1. The fourth-order valence-electron chi connectivity index (χ4n) is 2.20. The van der Waals surface area contributed by atoms with Gasteiger partial charge in [-0.15, -0.1) is 0 Å².